The molecule has 1 saturated heterocycles. The molecule has 1 unspecified atom stereocenters. The number of fused-ring (bicyclic) bond motifs is 1. The molecular formula is C24H26N2O2. The van der Waals surface area contributed by atoms with E-state index in [9.17, 15) is 9.59 Å². The average Bonchev–Trinajstić information content (AvgIpc) is 3.09. The van der Waals surface area contributed by atoms with Gasteiger partial charge in [0.15, 0.2) is 0 Å². The van der Waals surface area contributed by atoms with E-state index in [2.05, 4.69) is 17.4 Å². The summed E-state index contributed by atoms with van der Waals surface area (Å²) in [5, 5.41) is 3.18. The fourth-order valence-corrected chi connectivity index (χ4v) is 4.17. The molecule has 4 nitrogen and oxygen atoms in total. The van der Waals surface area contributed by atoms with Crippen LogP contribution < -0.4 is 5.32 Å². The first-order valence-corrected chi connectivity index (χ1v) is 9.96. The van der Waals surface area contributed by atoms with Crippen molar-refractivity contribution in [3.8, 4) is 0 Å². The number of carbonyl (C=O) groups excluding carboxylic acids is 2. The first-order valence-electron chi connectivity index (χ1n) is 9.96. The zero-order valence-corrected chi connectivity index (χ0v) is 16.2. The van der Waals surface area contributed by atoms with Gasteiger partial charge in [-0.3, -0.25) is 9.59 Å². The second-order valence-corrected chi connectivity index (χ2v) is 7.93. The third-order valence-corrected chi connectivity index (χ3v) is 6.00. The molecule has 0 spiro atoms. The molecule has 1 aliphatic heterocycles. The molecule has 0 radical (unpaired) electrons. The third kappa shape index (κ3) is 3.59. The highest BCUT2D eigenvalue weighted by Gasteiger charge is 2.49. The number of carbonyl (C=O) groups is 2. The highest BCUT2D eigenvalue weighted by atomic mass is 16.2. The lowest BCUT2D eigenvalue weighted by atomic mass is 9.84. The van der Waals surface area contributed by atoms with Crippen LogP contribution in [0.2, 0.25) is 0 Å². The van der Waals surface area contributed by atoms with Gasteiger partial charge in [0.05, 0.1) is 0 Å². The predicted octanol–water partition coefficient (Wildman–Crippen LogP) is 3.36. The Kier molecular flexibility index (Phi) is 5.03. The predicted molar refractivity (Wildman–Crippen MR) is 111 cm³/mol. The largest absolute Gasteiger partial charge is 0.351 e. The second kappa shape index (κ2) is 7.63. The van der Waals surface area contributed by atoms with Gasteiger partial charge in [0.1, 0.15) is 5.54 Å². The van der Waals surface area contributed by atoms with Crippen LogP contribution in [-0.2, 0) is 22.4 Å². The lowest BCUT2D eigenvalue weighted by Crippen LogP contribution is -2.68. The number of rotatable bonds is 5. The quantitative estimate of drug-likeness (QED) is 0.872. The molecule has 2 aromatic carbocycles. The molecule has 2 amide bonds. The van der Waals surface area contributed by atoms with Gasteiger partial charge in [-0.1, -0.05) is 66.7 Å². The minimum Gasteiger partial charge on any atom is -0.351 e. The molecule has 0 saturated carbocycles. The Bertz CT molecular complexity index is 881. The van der Waals surface area contributed by atoms with Crippen molar-refractivity contribution >= 4 is 17.9 Å². The summed E-state index contributed by atoms with van der Waals surface area (Å²) in [5.41, 5.74) is 2.96. The van der Waals surface area contributed by atoms with Crippen molar-refractivity contribution in [3.63, 3.8) is 0 Å². The van der Waals surface area contributed by atoms with Crippen LogP contribution in [0.5, 0.6) is 0 Å². The van der Waals surface area contributed by atoms with Gasteiger partial charge in [-0.15, -0.1) is 0 Å². The summed E-state index contributed by atoms with van der Waals surface area (Å²) in [6, 6.07) is 18.4. The van der Waals surface area contributed by atoms with Crippen LogP contribution in [0.15, 0.2) is 60.7 Å². The molecule has 144 valence electrons. The summed E-state index contributed by atoms with van der Waals surface area (Å²) in [5.74, 6) is -0.0252. The molecule has 1 fully saturated rings. The molecule has 0 aromatic heterocycles. The van der Waals surface area contributed by atoms with Crippen molar-refractivity contribution in [2.75, 3.05) is 6.54 Å². The standard InChI is InChI=1S/C24H26N2O2/c1-24(23(28)25-21-16-19-11-5-6-12-20(19)17-21)14-15-26(24)22(27)13-7-10-18-8-3-2-4-9-18/h2-12,21H,13-17H2,1H3,(H,25,28)/b10-7+. The van der Waals surface area contributed by atoms with E-state index >= 15 is 0 Å². The minimum absolute atomic E-state index is 0.00536. The van der Waals surface area contributed by atoms with Crippen LogP contribution in [0.3, 0.4) is 0 Å². The summed E-state index contributed by atoms with van der Waals surface area (Å²) < 4.78 is 0. The van der Waals surface area contributed by atoms with Crippen molar-refractivity contribution < 1.29 is 9.59 Å². The number of benzene rings is 2. The molecule has 2 aliphatic rings. The van der Waals surface area contributed by atoms with Gasteiger partial charge in [-0.05, 0) is 42.9 Å². The van der Waals surface area contributed by atoms with Gasteiger partial charge in [-0.2, -0.15) is 0 Å². The van der Waals surface area contributed by atoms with Gasteiger partial charge in [0, 0.05) is 19.0 Å². The third-order valence-electron chi connectivity index (χ3n) is 6.00. The number of hydrogen-bond acceptors (Lipinski definition) is 2. The molecule has 0 bridgehead atoms. The molecular weight excluding hydrogens is 348 g/mol. The molecule has 2 aromatic rings. The van der Waals surface area contributed by atoms with Crippen molar-refractivity contribution in [1.29, 1.82) is 0 Å². The molecule has 28 heavy (non-hydrogen) atoms. The maximum absolute atomic E-state index is 12.9. The van der Waals surface area contributed by atoms with E-state index < -0.39 is 5.54 Å². The Balaban J connectivity index is 1.33. The van der Waals surface area contributed by atoms with Crippen molar-refractivity contribution in [2.24, 2.45) is 0 Å². The number of likely N-dealkylation sites (tertiary alicyclic amines) is 1. The van der Waals surface area contributed by atoms with Crippen LogP contribution in [0, 0.1) is 0 Å². The van der Waals surface area contributed by atoms with Gasteiger partial charge in [-0.25, -0.2) is 0 Å². The summed E-state index contributed by atoms with van der Waals surface area (Å²) in [7, 11) is 0. The Morgan fingerprint density at radius 3 is 2.32 bits per heavy atom. The zero-order valence-electron chi connectivity index (χ0n) is 16.2. The van der Waals surface area contributed by atoms with Crippen LogP contribution >= 0.6 is 0 Å². The summed E-state index contributed by atoms with van der Waals surface area (Å²) in [6.45, 7) is 2.53. The van der Waals surface area contributed by atoms with E-state index in [0.29, 0.717) is 19.4 Å². The Morgan fingerprint density at radius 1 is 1.07 bits per heavy atom. The Morgan fingerprint density at radius 2 is 1.71 bits per heavy atom. The van der Waals surface area contributed by atoms with Crippen LogP contribution in [0.4, 0.5) is 0 Å². The van der Waals surface area contributed by atoms with Crippen LogP contribution in [-0.4, -0.2) is 34.8 Å². The summed E-state index contributed by atoms with van der Waals surface area (Å²) >= 11 is 0. The van der Waals surface area contributed by atoms with E-state index in [-0.39, 0.29) is 17.9 Å². The number of nitrogens with one attached hydrogen (secondary N) is 1. The smallest absolute Gasteiger partial charge is 0.245 e. The number of amides is 2. The highest BCUT2D eigenvalue weighted by Crippen LogP contribution is 2.32. The minimum atomic E-state index is -0.730. The highest BCUT2D eigenvalue weighted by molar-refractivity contribution is 5.93. The first-order chi connectivity index (χ1) is 13.6. The first kappa shape index (κ1) is 18.5. The maximum atomic E-state index is 12.9. The van der Waals surface area contributed by atoms with Crippen LogP contribution in [0.1, 0.15) is 36.5 Å². The lowest BCUT2D eigenvalue weighted by Gasteiger charge is -2.49. The Hall–Kier alpha value is -2.88. The molecule has 4 rings (SSSR count). The van der Waals surface area contributed by atoms with E-state index in [1.807, 2.05) is 61.5 Å². The molecule has 1 heterocycles. The Labute approximate surface area is 166 Å². The average molecular weight is 374 g/mol. The fourth-order valence-electron chi connectivity index (χ4n) is 4.17. The van der Waals surface area contributed by atoms with Gasteiger partial charge in [0.25, 0.3) is 0 Å². The maximum Gasteiger partial charge on any atom is 0.245 e. The van der Waals surface area contributed by atoms with Crippen LogP contribution in [0.25, 0.3) is 6.08 Å². The molecule has 1 aliphatic carbocycles. The van der Waals surface area contributed by atoms with E-state index in [0.717, 1.165) is 18.4 Å². The van der Waals surface area contributed by atoms with Gasteiger partial charge >= 0.3 is 0 Å². The zero-order chi connectivity index (χ0) is 19.6. The van der Waals surface area contributed by atoms with Gasteiger partial charge in [0.2, 0.25) is 11.8 Å². The van der Waals surface area contributed by atoms with Crippen molar-refractivity contribution in [1.82, 2.24) is 10.2 Å². The van der Waals surface area contributed by atoms with E-state index in [4.69, 9.17) is 0 Å². The fraction of sp³-hybridized carbons (Fsp3) is 0.333. The molecule has 4 heteroatoms. The summed E-state index contributed by atoms with van der Waals surface area (Å²) in [6.07, 6.45) is 6.59. The molecule has 1 N–H and O–H groups in total. The van der Waals surface area contributed by atoms with E-state index in [1.54, 1.807) is 4.90 Å². The normalized spacial score (nSPS) is 21.4. The monoisotopic (exact) mass is 374 g/mol. The van der Waals surface area contributed by atoms with Crippen molar-refractivity contribution in [2.45, 2.75) is 44.2 Å². The van der Waals surface area contributed by atoms with Gasteiger partial charge < -0.3 is 10.2 Å². The topological polar surface area (TPSA) is 49.4 Å². The lowest BCUT2D eigenvalue weighted by molar-refractivity contribution is -0.157. The van der Waals surface area contributed by atoms with E-state index in [1.165, 1.54) is 11.1 Å². The molecule has 1 atom stereocenters. The SMILES string of the molecule is CC1(C(=O)NC2Cc3ccccc3C2)CCN1C(=O)C/C=C/c1ccccc1. The summed E-state index contributed by atoms with van der Waals surface area (Å²) in [4.78, 5) is 27.3. The number of hydrogen-bond donors (Lipinski definition) is 1. The second-order valence-electron chi connectivity index (χ2n) is 7.93. The van der Waals surface area contributed by atoms with Crippen molar-refractivity contribution in [3.05, 3.63) is 77.4 Å². The number of nitrogens with zero attached hydrogens (tertiary/aromatic N) is 1.